The molecule has 21 heavy (non-hydrogen) atoms. The zero-order valence-corrected chi connectivity index (χ0v) is 19.6. The normalized spacial score (nSPS) is 7.14. The number of rotatable bonds is 2. The molecule has 138 valence electrons. The Morgan fingerprint density at radius 3 is 0.667 bits per heavy atom. The fraction of sp³-hybridized carbons (Fsp3) is 1.00. The van der Waals surface area contributed by atoms with Crippen LogP contribution in [0.3, 0.4) is 0 Å². The molecule has 1 nitrogen and oxygen atoms in total. The number of aliphatic hydroxyl groups excluding tert-OH is 1. The van der Waals surface area contributed by atoms with Crippen molar-refractivity contribution in [2.24, 2.45) is 0 Å². The SMILES string of the molecule is ClCCl.ClCCl.ClCCl.ClCCl.ClCCl.OCCC(Cl)Cl. The van der Waals surface area contributed by atoms with Crippen LogP contribution in [-0.4, -0.2) is 43.2 Å². The molecule has 0 aromatic rings. The van der Waals surface area contributed by atoms with Gasteiger partial charge in [-0.2, -0.15) is 0 Å². The van der Waals surface area contributed by atoms with E-state index < -0.39 is 4.84 Å². The van der Waals surface area contributed by atoms with E-state index in [9.17, 15) is 0 Å². The van der Waals surface area contributed by atoms with Crippen LogP contribution >= 0.6 is 139 Å². The van der Waals surface area contributed by atoms with Gasteiger partial charge < -0.3 is 5.11 Å². The fourth-order valence-electron chi connectivity index (χ4n) is 0.0976. The molecule has 0 rings (SSSR count). The number of halogens is 12. The summed E-state index contributed by atoms with van der Waals surface area (Å²) in [4.78, 5) is -0.407. The van der Waals surface area contributed by atoms with Gasteiger partial charge in [0.05, 0.1) is 26.7 Å². The number of hydrogen-bond donors (Lipinski definition) is 1. The summed E-state index contributed by atoms with van der Waals surface area (Å²) < 4.78 is 0. The molecule has 0 heterocycles. The number of hydrogen-bond acceptors (Lipinski definition) is 1. The Labute approximate surface area is 187 Å². The van der Waals surface area contributed by atoms with Gasteiger partial charge in [0.25, 0.3) is 0 Å². The van der Waals surface area contributed by atoms with Crippen molar-refractivity contribution in [1.29, 1.82) is 0 Å². The van der Waals surface area contributed by atoms with Crippen LogP contribution in [-0.2, 0) is 0 Å². The second-order valence-electron chi connectivity index (χ2n) is 1.41. The van der Waals surface area contributed by atoms with Crippen molar-refractivity contribution in [2.45, 2.75) is 11.3 Å². The Kier molecular flexibility index (Phi) is 123. The lowest BCUT2D eigenvalue weighted by Gasteiger charge is -1.90. The molecule has 0 radical (unpaired) electrons. The maximum atomic E-state index is 8.07. The van der Waals surface area contributed by atoms with Gasteiger partial charge in [0.15, 0.2) is 0 Å². The van der Waals surface area contributed by atoms with E-state index in [2.05, 4.69) is 0 Å². The van der Waals surface area contributed by atoms with Gasteiger partial charge in [-0.05, 0) is 0 Å². The van der Waals surface area contributed by atoms with E-state index in [1.54, 1.807) is 0 Å². The highest BCUT2D eigenvalue weighted by Crippen LogP contribution is 2.04. The Morgan fingerprint density at radius 2 is 0.667 bits per heavy atom. The maximum Gasteiger partial charge on any atom is 0.110 e. The van der Waals surface area contributed by atoms with Gasteiger partial charge in [0.1, 0.15) is 4.84 Å². The van der Waals surface area contributed by atoms with Crippen LogP contribution in [0, 0.1) is 0 Å². The summed E-state index contributed by atoms with van der Waals surface area (Å²) in [6.07, 6.45) is 0.461. The van der Waals surface area contributed by atoms with Gasteiger partial charge in [-0.3, -0.25) is 0 Å². The van der Waals surface area contributed by atoms with Crippen molar-refractivity contribution < 1.29 is 5.11 Å². The maximum absolute atomic E-state index is 8.07. The zero-order valence-electron chi connectivity index (χ0n) is 10.5. The molecule has 1 N–H and O–H groups in total. The Balaban J connectivity index is -0.0000000333. The third-order valence-electron chi connectivity index (χ3n) is 0.347. The van der Waals surface area contributed by atoms with E-state index in [0.29, 0.717) is 6.42 Å². The molecule has 13 heteroatoms. The molecule has 0 spiro atoms. The first-order chi connectivity index (χ1) is 9.84. The summed E-state index contributed by atoms with van der Waals surface area (Å²) >= 11 is 58.0. The highest BCUT2D eigenvalue weighted by Gasteiger charge is 1.92. The van der Waals surface area contributed by atoms with Crippen LogP contribution in [0.4, 0.5) is 0 Å². The lowest BCUT2D eigenvalue weighted by molar-refractivity contribution is 0.293. The second-order valence-corrected chi connectivity index (χ2v) is 6.73. The van der Waals surface area contributed by atoms with Gasteiger partial charge in [-0.1, -0.05) is 0 Å². The monoisotopic (exact) mass is 548 g/mol. The van der Waals surface area contributed by atoms with Gasteiger partial charge in [0.2, 0.25) is 0 Å². The van der Waals surface area contributed by atoms with E-state index in [-0.39, 0.29) is 33.3 Å². The third kappa shape index (κ3) is 260. The van der Waals surface area contributed by atoms with E-state index in [0.717, 1.165) is 0 Å². The molecule has 0 unspecified atom stereocenters. The lowest BCUT2D eigenvalue weighted by atomic mass is 10.5. The number of alkyl halides is 12. The molecule has 0 bridgehead atoms. The van der Waals surface area contributed by atoms with Crippen LogP contribution in [0.5, 0.6) is 0 Å². The highest BCUT2D eigenvalue weighted by molar-refractivity contribution is 6.44. The smallest absolute Gasteiger partial charge is 0.110 e. The summed E-state index contributed by atoms with van der Waals surface area (Å²) in [6.45, 7) is 0.0671. The van der Waals surface area contributed by atoms with Crippen LogP contribution in [0.2, 0.25) is 0 Å². The van der Waals surface area contributed by atoms with Crippen molar-refractivity contribution in [3.05, 3.63) is 0 Å². The predicted octanol–water partition coefficient (Wildman–Crippen LogP) is 8.28. The van der Waals surface area contributed by atoms with Crippen molar-refractivity contribution in [3.63, 3.8) is 0 Å². The lowest BCUT2D eigenvalue weighted by Crippen LogP contribution is -1.89. The summed E-state index contributed by atoms with van der Waals surface area (Å²) in [5.41, 5.74) is 0. The molecule has 0 aromatic heterocycles. The quantitative estimate of drug-likeness (QED) is 0.341. The largest absolute Gasteiger partial charge is 0.396 e. The summed E-state index contributed by atoms with van der Waals surface area (Å²) in [7, 11) is 0. The van der Waals surface area contributed by atoms with Crippen molar-refractivity contribution in [1.82, 2.24) is 0 Å². The van der Waals surface area contributed by atoms with Gasteiger partial charge in [-0.25, -0.2) is 0 Å². The first kappa shape index (κ1) is 39.5. The topological polar surface area (TPSA) is 20.2 Å². The molecule has 0 atom stereocenters. The molecule has 0 saturated carbocycles. The summed E-state index contributed by atoms with van der Waals surface area (Å²) in [5, 5.41) is 9.04. The molecule has 0 amide bonds. The van der Waals surface area contributed by atoms with Gasteiger partial charge >= 0.3 is 0 Å². The van der Waals surface area contributed by atoms with E-state index in [1.165, 1.54) is 0 Å². The minimum absolute atomic E-state index is 0.0671. The van der Waals surface area contributed by atoms with Crippen molar-refractivity contribution in [2.75, 3.05) is 33.3 Å². The first-order valence-electron chi connectivity index (χ1n) is 4.33. The molecule has 0 aromatic carbocycles. The van der Waals surface area contributed by atoms with Crippen LogP contribution in [0.1, 0.15) is 6.42 Å². The molecular formula is C8H16Cl12O. The van der Waals surface area contributed by atoms with E-state index in [4.69, 9.17) is 144 Å². The zero-order chi connectivity index (χ0) is 18.5. The molecule has 0 fully saturated rings. The van der Waals surface area contributed by atoms with Crippen molar-refractivity contribution >= 4 is 139 Å². The Morgan fingerprint density at radius 1 is 0.524 bits per heavy atom. The van der Waals surface area contributed by atoms with Gasteiger partial charge in [-0.15, -0.1) is 139 Å². The Hall–Kier alpha value is 3.44. The second kappa shape index (κ2) is 65.3. The molecular weight excluding hydrogens is 538 g/mol. The number of aliphatic hydroxyl groups is 1. The summed E-state index contributed by atoms with van der Waals surface area (Å²) in [6, 6.07) is 0. The molecule has 0 saturated heterocycles. The average Bonchev–Trinajstić information content (AvgIpc) is 2.33. The van der Waals surface area contributed by atoms with Crippen molar-refractivity contribution in [3.8, 4) is 0 Å². The highest BCUT2D eigenvalue weighted by atomic mass is 35.5. The average molecular weight is 554 g/mol. The standard InChI is InChI=1S/C3H6Cl2O.5CH2Cl2/c4-3(5)1-2-6;5*2-1-3/h3,6H,1-2H2;5*1H2. The molecule has 0 aliphatic rings. The summed E-state index contributed by atoms with van der Waals surface area (Å²) in [5.74, 6) is 0. The van der Waals surface area contributed by atoms with Crippen LogP contribution < -0.4 is 0 Å². The van der Waals surface area contributed by atoms with Crippen LogP contribution in [0.15, 0.2) is 0 Å². The molecule has 0 aliphatic heterocycles. The van der Waals surface area contributed by atoms with Crippen LogP contribution in [0.25, 0.3) is 0 Å². The first-order valence-corrected chi connectivity index (χ1v) is 10.6. The third-order valence-corrected chi connectivity index (χ3v) is 0.784. The van der Waals surface area contributed by atoms with E-state index >= 15 is 0 Å². The minimum atomic E-state index is -0.407. The molecule has 0 aliphatic carbocycles. The minimum Gasteiger partial charge on any atom is -0.396 e. The fourth-order valence-corrected chi connectivity index (χ4v) is 0.293. The van der Waals surface area contributed by atoms with E-state index in [1.807, 2.05) is 0 Å². The Bertz CT molecular complexity index is 78.0. The predicted molar refractivity (Wildman–Crippen MR) is 110 cm³/mol. The van der Waals surface area contributed by atoms with Gasteiger partial charge in [0, 0.05) is 13.0 Å².